The number of hydrogen-bond acceptors (Lipinski definition) is 3. The van der Waals surface area contributed by atoms with E-state index in [1.54, 1.807) is 0 Å². The van der Waals surface area contributed by atoms with E-state index in [0.717, 1.165) is 17.1 Å². The molecule has 0 aromatic carbocycles. The molecular weight excluding hydrogens is 166 g/mol. The van der Waals surface area contributed by atoms with E-state index in [1.165, 1.54) is 0 Å². The molecule has 0 fully saturated rings. The van der Waals surface area contributed by atoms with Crippen molar-refractivity contribution >= 4 is 0 Å². The molecule has 2 N–H and O–H groups in total. The van der Waals surface area contributed by atoms with Gasteiger partial charge in [0.2, 0.25) is 0 Å². The molecule has 13 heavy (non-hydrogen) atoms. The van der Waals surface area contributed by atoms with Crippen molar-refractivity contribution in [2.45, 2.75) is 40.0 Å². The summed E-state index contributed by atoms with van der Waals surface area (Å²) in [6.45, 7) is 6.97. The van der Waals surface area contributed by atoms with Crippen molar-refractivity contribution in [1.29, 1.82) is 0 Å². The minimum Gasteiger partial charge on any atom is -0.462 e. The van der Waals surface area contributed by atoms with Crippen molar-refractivity contribution < 1.29 is 9.15 Å². The van der Waals surface area contributed by atoms with Gasteiger partial charge in [-0.3, -0.25) is 0 Å². The van der Waals surface area contributed by atoms with Crippen LogP contribution in [0.5, 0.6) is 0 Å². The Morgan fingerprint density at radius 1 is 1.54 bits per heavy atom. The van der Waals surface area contributed by atoms with Gasteiger partial charge in [0.1, 0.15) is 18.1 Å². The van der Waals surface area contributed by atoms with Crippen molar-refractivity contribution in [2.75, 3.05) is 0 Å². The first-order valence-electron chi connectivity index (χ1n) is 4.53. The van der Waals surface area contributed by atoms with E-state index in [9.17, 15) is 0 Å². The highest BCUT2D eigenvalue weighted by molar-refractivity contribution is 5.19. The number of rotatable bonds is 4. The van der Waals surface area contributed by atoms with Crippen LogP contribution in [0.2, 0.25) is 0 Å². The molecule has 1 aromatic rings. The Labute approximate surface area is 78.9 Å². The SMILES string of the molecule is Cc1cc(COC(C)C)oc1CN. The zero-order chi connectivity index (χ0) is 9.84. The Bertz CT molecular complexity index is 266. The van der Waals surface area contributed by atoms with Gasteiger partial charge >= 0.3 is 0 Å². The molecule has 1 aromatic heterocycles. The number of aryl methyl sites for hydroxylation is 1. The second-order valence-corrected chi connectivity index (χ2v) is 3.38. The molecule has 0 unspecified atom stereocenters. The summed E-state index contributed by atoms with van der Waals surface area (Å²) in [6.07, 6.45) is 0.228. The summed E-state index contributed by atoms with van der Waals surface area (Å²) in [5.41, 5.74) is 6.59. The van der Waals surface area contributed by atoms with Crippen LogP contribution >= 0.6 is 0 Å². The molecule has 74 valence electrons. The molecule has 0 spiro atoms. The highest BCUT2D eigenvalue weighted by Crippen LogP contribution is 2.15. The van der Waals surface area contributed by atoms with Gasteiger partial charge in [-0.25, -0.2) is 0 Å². The van der Waals surface area contributed by atoms with Gasteiger partial charge in [0, 0.05) is 0 Å². The quantitative estimate of drug-likeness (QED) is 0.776. The van der Waals surface area contributed by atoms with Crippen LogP contribution in [0.15, 0.2) is 10.5 Å². The van der Waals surface area contributed by atoms with Crippen molar-refractivity contribution in [2.24, 2.45) is 5.73 Å². The summed E-state index contributed by atoms with van der Waals surface area (Å²) < 4.78 is 10.9. The minimum absolute atomic E-state index is 0.228. The summed E-state index contributed by atoms with van der Waals surface area (Å²) in [7, 11) is 0. The maximum atomic E-state index is 5.49. The van der Waals surface area contributed by atoms with Gasteiger partial charge in [-0.2, -0.15) is 0 Å². The highest BCUT2D eigenvalue weighted by atomic mass is 16.5. The van der Waals surface area contributed by atoms with Crippen molar-refractivity contribution in [3.63, 3.8) is 0 Å². The topological polar surface area (TPSA) is 48.4 Å². The van der Waals surface area contributed by atoms with Crippen molar-refractivity contribution in [3.8, 4) is 0 Å². The lowest BCUT2D eigenvalue weighted by Gasteiger charge is -2.04. The molecule has 0 saturated heterocycles. The Balaban J connectivity index is 2.57. The smallest absolute Gasteiger partial charge is 0.130 e. The number of hydrogen-bond donors (Lipinski definition) is 1. The van der Waals surface area contributed by atoms with Crippen LogP contribution in [0.25, 0.3) is 0 Å². The molecule has 0 radical (unpaired) electrons. The van der Waals surface area contributed by atoms with Gasteiger partial charge in [-0.1, -0.05) is 0 Å². The normalized spacial score (nSPS) is 11.2. The van der Waals surface area contributed by atoms with Crippen molar-refractivity contribution in [1.82, 2.24) is 0 Å². The first kappa shape index (κ1) is 10.3. The first-order valence-corrected chi connectivity index (χ1v) is 4.53. The standard InChI is InChI=1S/C10H17NO2/c1-7(2)12-6-9-4-8(3)10(5-11)13-9/h4,7H,5-6,11H2,1-3H3. The average Bonchev–Trinajstić information content (AvgIpc) is 2.43. The predicted molar refractivity (Wildman–Crippen MR) is 51.3 cm³/mol. The van der Waals surface area contributed by atoms with Crippen LogP contribution in [0.4, 0.5) is 0 Å². The van der Waals surface area contributed by atoms with E-state index < -0.39 is 0 Å². The van der Waals surface area contributed by atoms with Crippen LogP contribution in [-0.4, -0.2) is 6.10 Å². The molecule has 0 atom stereocenters. The molecule has 0 aliphatic carbocycles. The summed E-state index contributed by atoms with van der Waals surface area (Å²) in [5.74, 6) is 1.70. The van der Waals surface area contributed by atoms with Gasteiger partial charge in [0.15, 0.2) is 0 Å². The Kier molecular flexibility index (Phi) is 3.51. The van der Waals surface area contributed by atoms with E-state index in [4.69, 9.17) is 14.9 Å². The lowest BCUT2D eigenvalue weighted by atomic mass is 10.3. The molecule has 0 saturated carbocycles. The third kappa shape index (κ3) is 2.86. The van der Waals surface area contributed by atoms with E-state index in [2.05, 4.69) is 0 Å². The number of furan rings is 1. The number of ether oxygens (including phenoxy) is 1. The van der Waals surface area contributed by atoms with Gasteiger partial charge in [-0.05, 0) is 32.4 Å². The Hall–Kier alpha value is -0.800. The van der Waals surface area contributed by atoms with Crippen LogP contribution in [-0.2, 0) is 17.9 Å². The zero-order valence-corrected chi connectivity index (χ0v) is 8.46. The fraction of sp³-hybridized carbons (Fsp3) is 0.600. The molecule has 0 aliphatic heterocycles. The predicted octanol–water partition coefficient (Wildman–Crippen LogP) is 1.97. The summed E-state index contributed by atoms with van der Waals surface area (Å²) in [4.78, 5) is 0. The van der Waals surface area contributed by atoms with Gasteiger partial charge in [-0.15, -0.1) is 0 Å². The van der Waals surface area contributed by atoms with Gasteiger partial charge in [0.25, 0.3) is 0 Å². The fourth-order valence-electron chi connectivity index (χ4n) is 1.11. The lowest BCUT2D eigenvalue weighted by Crippen LogP contribution is -2.01. The van der Waals surface area contributed by atoms with Crippen LogP contribution in [0.3, 0.4) is 0 Å². The van der Waals surface area contributed by atoms with Gasteiger partial charge in [0.05, 0.1) is 12.6 Å². The molecule has 0 bridgehead atoms. The van der Waals surface area contributed by atoms with Crippen molar-refractivity contribution in [3.05, 3.63) is 23.2 Å². The monoisotopic (exact) mass is 183 g/mol. The maximum Gasteiger partial charge on any atom is 0.130 e. The Morgan fingerprint density at radius 3 is 2.69 bits per heavy atom. The molecule has 3 heteroatoms. The fourth-order valence-corrected chi connectivity index (χ4v) is 1.11. The van der Waals surface area contributed by atoms with Crippen LogP contribution < -0.4 is 5.73 Å². The highest BCUT2D eigenvalue weighted by Gasteiger charge is 2.06. The minimum atomic E-state index is 0.228. The van der Waals surface area contributed by atoms with Crippen LogP contribution in [0.1, 0.15) is 30.9 Å². The summed E-state index contributed by atoms with van der Waals surface area (Å²) in [5, 5.41) is 0. The van der Waals surface area contributed by atoms with E-state index >= 15 is 0 Å². The molecule has 1 rings (SSSR count). The Morgan fingerprint density at radius 2 is 2.23 bits per heavy atom. The van der Waals surface area contributed by atoms with E-state index in [0.29, 0.717) is 13.2 Å². The van der Waals surface area contributed by atoms with E-state index in [1.807, 2.05) is 26.8 Å². The molecule has 3 nitrogen and oxygen atoms in total. The molecule has 1 heterocycles. The molecule has 0 aliphatic rings. The second-order valence-electron chi connectivity index (χ2n) is 3.38. The van der Waals surface area contributed by atoms with E-state index in [-0.39, 0.29) is 6.10 Å². The molecule has 0 amide bonds. The molecular formula is C10H17NO2. The largest absolute Gasteiger partial charge is 0.462 e. The summed E-state index contributed by atoms with van der Waals surface area (Å²) in [6, 6.07) is 1.98. The second kappa shape index (κ2) is 4.44. The van der Waals surface area contributed by atoms with Gasteiger partial charge < -0.3 is 14.9 Å². The maximum absolute atomic E-state index is 5.49. The van der Waals surface area contributed by atoms with Crippen LogP contribution in [0, 0.1) is 6.92 Å². The average molecular weight is 183 g/mol. The third-order valence-electron chi connectivity index (χ3n) is 1.82. The zero-order valence-electron chi connectivity index (χ0n) is 8.46. The first-order chi connectivity index (χ1) is 6.13. The lowest BCUT2D eigenvalue weighted by molar-refractivity contribution is 0.0539. The third-order valence-corrected chi connectivity index (χ3v) is 1.82. The number of nitrogens with two attached hydrogens (primary N) is 1. The summed E-state index contributed by atoms with van der Waals surface area (Å²) >= 11 is 0.